The Labute approximate surface area is 123 Å². The molecule has 0 aliphatic carbocycles. The number of hydrogen-bond acceptors (Lipinski definition) is 5. The molecule has 1 aromatic heterocycles. The largest absolute Gasteiger partial charge is 0.370 e. The van der Waals surface area contributed by atoms with Crippen LogP contribution in [0.25, 0.3) is 0 Å². The number of rotatable bonds is 9. The Balaban J connectivity index is 2.61. The van der Waals surface area contributed by atoms with Crippen molar-refractivity contribution in [2.24, 2.45) is 0 Å². The first kappa shape index (κ1) is 16.7. The molecule has 1 rings (SSSR count). The van der Waals surface area contributed by atoms with E-state index < -0.39 is 0 Å². The molecular formula is C15H29N5. The maximum atomic E-state index is 4.37. The number of likely N-dealkylation sites (N-methyl/N-ethyl adjacent to an activating group) is 1. The molecule has 5 nitrogen and oxygen atoms in total. The van der Waals surface area contributed by atoms with Crippen molar-refractivity contribution in [1.29, 1.82) is 0 Å². The van der Waals surface area contributed by atoms with E-state index in [0.717, 1.165) is 37.7 Å². The van der Waals surface area contributed by atoms with Gasteiger partial charge in [0.15, 0.2) is 0 Å². The van der Waals surface area contributed by atoms with Gasteiger partial charge >= 0.3 is 0 Å². The monoisotopic (exact) mass is 279 g/mol. The van der Waals surface area contributed by atoms with E-state index in [2.05, 4.69) is 60.2 Å². The zero-order valence-corrected chi connectivity index (χ0v) is 13.5. The maximum absolute atomic E-state index is 4.37. The van der Waals surface area contributed by atoms with Gasteiger partial charge in [-0.05, 0) is 33.7 Å². The summed E-state index contributed by atoms with van der Waals surface area (Å²) < 4.78 is 0. The first-order chi connectivity index (χ1) is 9.63. The summed E-state index contributed by atoms with van der Waals surface area (Å²) in [6.07, 6.45) is 3.72. The van der Waals surface area contributed by atoms with Crippen molar-refractivity contribution in [3.05, 3.63) is 11.9 Å². The lowest BCUT2D eigenvalue weighted by molar-refractivity contribution is 0.261. The lowest BCUT2D eigenvalue weighted by Crippen LogP contribution is -2.33. The van der Waals surface area contributed by atoms with Crippen LogP contribution in [0.4, 0.5) is 11.6 Å². The summed E-state index contributed by atoms with van der Waals surface area (Å²) in [6, 6.07) is 0.616. The zero-order valence-electron chi connectivity index (χ0n) is 13.5. The van der Waals surface area contributed by atoms with E-state index in [-0.39, 0.29) is 0 Å². The highest BCUT2D eigenvalue weighted by Crippen LogP contribution is 2.19. The summed E-state index contributed by atoms with van der Waals surface area (Å²) in [5, 5.41) is 6.73. The molecule has 0 aliphatic rings. The van der Waals surface area contributed by atoms with Crippen molar-refractivity contribution in [2.45, 2.75) is 46.6 Å². The molecule has 1 heterocycles. The number of hydrogen-bond donors (Lipinski definition) is 2. The fourth-order valence-electron chi connectivity index (χ4n) is 2.10. The summed E-state index contributed by atoms with van der Waals surface area (Å²) in [5.41, 5.74) is 1.17. The Kier molecular flexibility index (Phi) is 7.30. The van der Waals surface area contributed by atoms with Crippen LogP contribution in [0.2, 0.25) is 0 Å². The highest BCUT2D eigenvalue weighted by Gasteiger charge is 2.10. The van der Waals surface area contributed by atoms with Gasteiger partial charge in [0, 0.05) is 31.2 Å². The van der Waals surface area contributed by atoms with E-state index in [4.69, 9.17) is 0 Å². The van der Waals surface area contributed by atoms with Crippen LogP contribution in [0.3, 0.4) is 0 Å². The highest BCUT2D eigenvalue weighted by atomic mass is 15.1. The molecule has 0 aromatic carbocycles. The highest BCUT2D eigenvalue weighted by molar-refractivity contribution is 5.57. The Morgan fingerprint density at radius 3 is 2.35 bits per heavy atom. The molecule has 0 aliphatic heterocycles. The number of nitrogens with zero attached hydrogens (tertiary/aromatic N) is 3. The van der Waals surface area contributed by atoms with Gasteiger partial charge < -0.3 is 15.5 Å². The van der Waals surface area contributed by atoms with Crippen LogP contribution in [0.1, 0.15) is 39.7 Å². The molecule has 0 amide bonds. The molecule has 2 N–H and O–H groups in total. The van der Waals surface area contributed by atoms with Crippen molar-refractivity contribution in [1.82, 2.24) is 14.9 Å². The van der Waals surface area contributed by atoms with Crippen LogP contribution in [-0.4, -0.2) is 47.6 Å². The Morgan fingerprint density at radius 1 is 1.15 bits per heavy atom. The Morgan fingerprint density at radius 2 is 1.80 bits per heavy atom. The SMILES string of the molecule is CCNc1ncnc(NCCN(C)C(C)CC)c1CC. The van der Waals surface area contributed by atoms with Gasteiger partial charge in [0.25, 0.3) is 0 Å². The second kappa shape index (κ2) is 8.74. The molecule has 0 saturated heterocycles. The topological polar surface area (TPSA) is 53.1 Å². The second-order valence-electron chi connectivity index (χ2n) is 5.10. The summed E-state index contributed by atoms with van der Waals surface area (Å²) in [7, 11) is 2.17. The van der Waals surface area contributed by atoms with E-state index in [0.29, 0.717) is 6.04 Å². The fraction of sp³-hybridized carbons (Fsp3) is 0.733. The zero-order chi connectivity index (χ0) is 15.0. The van der Waals surface area contributed by atoms with Crippen LogP contribution in [0, 0.1) is 0 Å². The quantitative estimate of drug-likeness (QED) is 0.728. The summed E-state index contributed by atoms with van der Waals surface area (Å²) in [6.45, 7) is 11.5. The summed E-state index contributed by atoms with van der Waals surface area (Å²) >= 11 is 0. The summed E-state index contributed by atoms with van der Waals surface area (Å²) in [4.78, 5) is 11.1. The van der Waals surface area contributed by atoms with Crippen LogP contribution in [0.15, 0.2) is 6.33 Å². The first-order valence-electron chi connectivity index (χ1n) is 7.65. The first-order valence-corrected chi connectivity index (χ1v) is 7.65. The average Bonchev–Trinajstić information content (AvgIpc) is 2.46. The average molecular weight is 279 g/mol. The normalized spacial score (nSPS) is 12.5. The van der Waals surface area contributed by atoms with Crippen molar-refractivity contribution in [3.63, 3.8) is 0 Å². The van der Waals surface area contributed by atoms with Crippen molar-refractivity contribution in [2.75, 3.05) is 37.3 Å². The van der Waals surface area contributed by atoms with Gasteiger partial charge in [-0.25, -0.2) is 9.97 Å². The van der Waals surface area contributed by atoms with Crippen molar-refractivity contribution < 1.29 is 0 Å². The third-order valence-electron chi connectivity index (χ3n) is 3.74. The molecular weight excluding hydrogens is 250 g/mol. The van der Waals surface area contributed by atoms with Gasteiger partial charge in [-0.1, -0.05) is 13.8 Å². The molecule has 5 heteroatoms. The minimum Gasteiger partial charge on any atom is -0.370 e. The molecule has 0 bridgehead atoms. The molecule has 0 fully saturated rings. The minimum atomic E-state index is 0.616. The maximum Gasteiger partial charge on any atom is 0.134 e. The molecule has 1 atom stereocenters. The minimum absolute atomic E-state index is 0.616. The lowest BCUT2D eigenvalue weighted by atomic mass is 10.2. The molecule has 0 spiro atoms. The second-order valence-corrected chi connectivity index (χ2v) is 5.10. The van der Waals surface area contributed by atoms with Gasteiger partial charge in [-0.3, -0.25) is 0 Å². The number of aromatic nitrogens is 2. The van der Waals surface area contributed by atoms with Crippen LogP contribution >= 0.6 is 0 Å². The molecule has 114 valence electrons. The molecule has 20 heavy (non-hydrogen) atoms. The lowest BCUT2D eigenvalue weighted by Gasteiger charge is -2.24. The Bertz CT molecular complexity index is 394. The predicted octanol–water partition coefficient (Wildman–Crippen LogP) is 2.61. The Hall–Kier alpha value is -1.36. The van der Waals surface area contributed by atoms with E-state index in [1.165, 1.54) is 12.0 Å². The van der Waals surface area contributed by atoms with E-state index in [9.17, 15) is 0 Å². The molecule has 1 unspecified atom stereocenters. The number of anilines is 2. The molecule has 1 aromatic rings. The van der Waals surface area contributed by atoms with Gasteiger partial charge in [0.2, 0.25) is 0 Å². The predicted molar refractivity (Wildman–Crippen MR) is 86.4 cm³/mol. The number of nitrogens with one attached hydrogen (secondary N) is 2. The van der Waals surface area contributed by atoms with Gasteiger partial charge in [0.1, 0.15) is 18.0 Å². The van der Waals surface area contributed by atoms with Crippen molar-refractivity contribution >= 4 is 11.6 Å². The third kappa shape index (κ3) is 4.63. The summed E-state index contributed by atoms with van der Waals surface area (Å²) in [5.74, 6) is 1.90. The smallest absolute Gasteiger partial charge is 0.134 e. The molecule has 0 radical (unpaired) electrons. The van der Waals surface area contributed by atoms with Crippen LogP contribution < -0.4 is 10.6 Å². The van der Waals surface area contributed by atoms with E-state index in [1.807, 2.05) is 0 Å². The van der Waals surface area contributed by atoms with E-state index in [1.54, 1.807) is 6.33 Å². The van der Waals surface area contributed by atoms with Crippen LogP contribution in [-0.2, 0) is 6.42 Å². The van der Waals surface area contributed by atoms with Crippen molar-refractivity contribution in [3.8, 4) is 0 Å². The van der Waals surface area contributed by atoms with Crippen LogP contribution in [0.5, 0.6) is 0 Å². The van der Waals surface area contributed by atoms with Gasteiger partial charge in [-0.15, -0.1) is 0 Å². The third-order valence-corrected chi connectivity index (χ3v) is 3.74. The van der Waals surface area contributed by atoms with E-state index >= 15 is 0 Å². The molecule has 0 saturated carbocycles. The fourth-order valence-corrected chi connectivity index (χ4v) is 2.10. The van der Waals surface area contributed by atoms with Gasteiger partial charge in [0.05, 0.1) is 0 Å². The van der Waals surface area contributed by atoms with Gasteiger partial charge in [-0.2, -0.15) is 0 Å². The standard InChI is InChI=1S/C15H29N5/c1-6-12(4)20(5)10-9-17-15-13(7-2)14(16-8-3)18-11-19-15/h11-12H,6-10H2,1-5H3,(H2,16,17,18,19).